The van der Waals surface area contributed by atoms with Crippen molar-refractivity contribution in [3.05, 3.63) is 54.6 Å². The van der Waals surface area contributed by atoms with Crippen molar-refractivity contribution < 1.29 is 14.3 Å². The molecule has 28 heavy (non-hydrogen) atoms. The number of carbonyl (C=O) groups is 1. The van der Waals surface area contributed by atoms with Crippen LogP contribution in [0.3, 0.4) is 0 Å². The van der Waals surface area contributed by atoms with Crippen molar-refractivity contribution in [2.75, 3.05) is 11.6 Å². The molecule has 2 aliphatic rings. The zero-order chi connectivity index (χ0) is 19.5. The van der Waals surface area contributed by atoms with Crippen LogP contribution >= 0.6 is 0 Å². The van der Waals surface area contributed by atoms with E-state index in [0.29, 0.717) is 6.61 Å². The molecule has 1 N–H and O–H groups in total. The van der Waals surface area contributed by atoms with Gasteiger partial charge in [0.25, 0.3) is 0 Å². The first kappa shape index (κ1) is 16.9. The molecular formula is C23H22N2O3. The number of benzene rings is 3. The van der Waals surface area contributed by atoms with Gasteiger partial charge in [-0.1, -0.05) is 30.3 Å². The number of anilines is 1. The molecule has 2 aliphatic heterocycles. The summed E-state index contributed by atoms with van der Waals surface area (Å²) in [7, 11) is 0. The number of nitrogens with zero attached hydrogens (tertiary/aromatic N) is 1. The van der Waals surface area contributed by atoms with E-state index < -0.39 is 11.6 Å². The molecule has 5 nitrogen and oxygen atoms in total. The van der Waals surface area contributed by atoms with Gasteiger partial charge in [-0.3, -0.25) is 10.2 Å². The molecule has 0 aromatic heterocycles. The number of para-hydroxylation sites is 1. The van der Waals surface area contributed by atoms with Crippen molar-refractivity contribution >= 4 is 22.4 Å². The Balaban J connectivity index is 1.81. The Bertz CT molecular complexity index is 1110. The summed E-state index contributed by atoms with van der Waals surface area (Å²) in [6.45, 7) is 6.42. The summed E-state index contributed by atoms with van der Waals surface area (Å²) in [6, 6.07) is 18.3. The van der Waals surface area contributed by atoms with E-state index in [9.17, 15) is 4.79 Å². The fourth-order valence-corrected chi connectivity index (χ4v) is 4.06. The highest BCUT2D eigenvalue weighted by atomic mass is 16.5. The van der Waals surface area contributed by atoms with Crippen LogP contribution in [0.5, 0.6) is 11.5 Å². The zero-order valence-electron chi connectivity index (χ0n) is 16.2. The van der Waals surface area contributed by atoms with Gasteiger partial charge in [-0.05, 0) is 55.8 Å². The van der Waals surface area contributed by atoms with Crippen LogP contribution in [-0.2, 0) is 4.79 Å². The minimum Gasteiger partial charge on any atom is -0.494 e. The first-order valence-corrected chi connectivity index (χ1v) is 9.56. The number of carbonyl (C=O) groups excluding carboxylic acids is 1. The van der Waals surface area contributed by atoms with Crippen LogP contribution in [0.2, 0.25) is 0 Å². The Labute approximate surface area is 163 Å². The summed E-state index contributed by atoms with van der Waals surface area (Å²) in [5.41, 5.74) is 5.30. The number of ether oxygens (including phenoxy) is 2. The van der Waals surface area contributed by atoms with Gasteiger partial charge in [0.2, 0.25) is 12.1 Å². The highest BCUT2D eigenvalue weighted by Crippen LogP contribution is 2.48. The molecule has 2 heterocycles. The summed E-state index contributed by atoms with van der Waals surface area (Å²) >= 11 is 0. The van der Waals surface area contributed by atoms with Gasteiger partial charge in [0.15, 0.2) is 0 Å². The molecule has 1 fully saturated rings. The van der Waals surface area contributed by atoms with E-state index in [1.54, 1.807) is 0 Å². The van der Waals surface area contributed by atoms with E-state index in [1.807, 2.05) is 56.1 Å². The first-order chi connectivity index (χ1) is 13.5. The van der Waals surface area contributed by atoms with Crippen LogP contribution in [-0.4, -0.2) is 18.7 Å². The van der Waals surface area contributed by atoms with E-state index in [2.05, 4.69) is 29.7 Å². The van der Waals surface area contributed by atoms with Crippen molar-refractivity contribution in [3.63, 3.8) is 0 Å². The number of hydrazine groups is 1. The van der Waals surface area contributed by atoms with E-state index in [4.69, 9.17) is 9.47 Å². The van der Waals surface area contributed by atoms with Crippen LogP contribution in [0.1, 0.15) is 20.8 Å². The average Bonchev–Trinajstić information content (AvgIpc) is 2.83. The summed E-state index contributed by atoms with van der Waals surface area (Å²) < 4.78 is 12.2. The largest absolute Gasteiger partial charge is 0.494 e. The molecule has 0 saturated carbocycles. The van der Waals surface area contributed by atoms with E-state index >= 15 is 0 Å². The summed E-state index contributed by atoms with van der Waals surface area (Å²) in [5.74, 6) is 1.56. The maximum absolute atomic E-state index is 12.6. The molecule has 142 valence electrons. The molecule has 0 aliphatic carbocycles. The molecular weight excluding hydrogens is 352 g/mol. The van der Waals surface area contributed by atoms with Gasteiger partial charge in [-0.25, -0.2) is 5.01 Å². The molecule has 0 radical (unpaired) electrons. The van der Waals surface area contributed by atoms with Gasteiger partial charge < -0.3 is 9.47 Å². The van der Waals surface area contributed by atoms with Gasteiger partial charge in [0.05, 0.1) is 12.3 Å². The maximum atomic E-state index is 12.6. The van der Waals surface area contributed by atoms with Gasteiger partial charge in [0.1, 0.15) is 16.9 Å². The van der Waals surface area contributed by atoms with Crippen LogP contribution in [0.4, 0.5) is 5.69 Å². The number of nitrogens with one attached hydrogen (secondary N) is 1. The van der Waals surface area contributed by atoms with Crippen LogP contribution in [0.25, 0.3) is 21.9 Å². The summed E-state index contributed by atoms with van der Waals surface area (Å²) in [6.07, 6.45) is -0.435. The molecule has 1 atom stereocenters. The number of hydrogen-bond donors (Lipinski definition) is 1. The predicted octanol–water partition coefficient (Wildman–Crippen LogP) is 4.50. The Kier molecular flexibility index (Phi) is 3.56. The Morgan fingerprint density at radius 3 is 2.75 bits per heavy atom. The quantitative estimate of drug-likeness (QED) is 0.717. The van der Waals surface area contributed by atoms with E-state index in [1.165, 1.54) is 0 Å². The van der Waals surface area contributed by atoms with Gasteiger partial charge >= 0.3 is 0 Å². The number of hydrogen-bond acceptors (Lipinski definition) is 4. The number of rotatable bonds is 2. The second-order valence-corrected chi connectivity index (χ2v) is 7.77. The van der Waals surface area contributed by atoms with E-state index in [-0.39, 0.29) is 5.91 Å². The molecule has 5 rings (SSSR count). The minimum atomic E-state index is -0.684. The third-order valence-corrected chi connectivity index (χ3v) is 5.60. The lowest BCUT2D eigenvalue weighted by molar-refractivity contribution is -0.128. The van der Waals surface area contributed by atoms with Gasteiger partial charge in [-0.2, -0.15) is 0 Å². The van der Waals surface area contributed by atoms with Gasteiger partial charge in [-0.15, -0.1) is 0 Å². The Hall–Kier alpha value is -3.21. The second-order valence-electron chi connectivity index (χ2n) is 7.77. The second kappa shape index (κ2) is 5.89. The van der Waals surface area contributed by atoms with Crippen molar-refractivity contribution in [2.45, 2.75) is 27.0 Å². The monoisotopic (exact) mass is 374 g/mol. The first-order valence-electron chi connectivity index (χ1n) is 9.56. The molecule has 3 aromatic rings. The lowest BCUT2D eigenvalue weighted by Gasteiger charge is -2.29. The predicted molar refractivity (Wildman–Crippen MR) is 109 cm³/mol. The highest BCUT2D eigenvalue weighted by molar-refractivity contribution is 6.04. The minimum absolute atomic E-state index is 0.0461. The smallest absolute Gasteiger partial charge is 0.250 e. The fraction of sp³-hybridized carbons (Fsp3) is 0.261. The number of amides is 1. The molecule has 1 amide bonds. The molecule has 1 unspecified atom stereocenters. The van der Waals surface area contributed by atoms with Gasteiger partial charge in [0, 0.05) is 11.1 Å². The molecule has 1 saturated heterocycles. The van der Waals surface area contributed by atoms with Crippen molar-refractivity contribution in [2.24, 2.45) is 5.41 Å². The topological polar surface area (TPSA) is 50.8 Å². The van der Waals surface area contributed by atoms with Crippen molar-refractivity contribution in [1.29, 1.82) is 0 Å². The maximum Gasteiger partial charge on any atom is 0.250 e. The lowest BCUT2D eigenvalue weighted by Crippen LogP contribution is -2.43. The third kappa shape index (κ3) is 2.29. The summed E-state index contributed by atoms with van der Waals surface area (Å²) in [5, 5.41) is 4.04. The van der Waals surface area contributed by atoms with E-state index in [0.717, 1.165) is 39.1 Å². The standard InChI is InChI=1S/C23H22N2O3/c1-4-27-15-11-9-14-10-12-19-20(17(14)13-15)16-7-5-6-8-18(16)25-22(28-19)23(2,3)21(26)24-25/h5-13,22H,4H2,1-3H3,(H,24,26). The van der Waals surface area contributed by atoms with Crippen LogP contribution in [0.15, 0.2) is 54.6 Å². The van der Waals surface area contributed by atoms with Crippen LogP contribution < -0.4 is 19.9 Å². The molecule has 0 bridgehead atoms. The van der Waals surface area contributed by atoms with Crippen LogP contribution in [0, 0.1) is 5.41 Å². The SMILES string of the molecule is CCOc1ccc2ccc3c(c2c1)-c1ccccc1N1NC(=O)C(C)(C)C1O3. The zero-order valence-corrected chi connectivity index (χ0v) is 16.2. The fourth-order valence-electron chi connectivity index (χ4n) is 4.06. The molecule has 0 spiro atoms. The average molecular weight is 374 g/mol. The lowest BCUT2D eigenvalue weighted by atomic mass is 9.91. The van der Waals surface area contributed by atoms with Crippen molar-refractivity contribution in [1.82, 2.24) is 5.43 Å². The molecule has 3 aromatic carbocycles. The normalized spacial score (nSPS) is 19.2. The highest BCUT2D eigenvalue weighted by Gasteiger charge is 2.51. The Morgan fingerprint density at radius 1 is 1.14 bits per heavy atom. The molecule has 5 heteroatoms. The third-order valence-electron chi connectivity index (χ3n) is 5.60. The summed E-state index contributed by atoms with van der Waals surface area (Å²) in [4.78, 5) is 12.6. The van der Waals surface area contributed by atoms with Crippen molar-refractivity contribution in [3.8, 4) is 22.6 Å². The Morgan fingerprint density at radius 2 is 1.93 bits per heavy atom. The number of fused-ring (bicyclic) bond motifs is 7.